The van der Waals surface area contributed by atoms with Gasteiger partial charge in [-0.2, -0.15) is 8.78 Å². The third kappa shape index (κ3) is 5.67. The summed E-state index contributed by atoms with van der Waals surface area (Å²) in [6.45, 7) is 0.271. The van der Waals surface area contributed by atoms with Crippen LogP contribution in [-0.4, -0.2) is 51.3 Å². The second-order valence-corrected chi connectivity index (χ2v) is 5.54. The van der Waals surface area contributed by atoms with Gasteiger partial charge >= 0.3 is 6.61 Å². The number of rotatable bonds is 6. The smallest absolute Gasteiger partial charge is 0.387 e. The van der Waals surface area contributed by atoms with Gasteiger partial charge in [-0.25, -0.2) is 0 Å². The number of alkyl halides is 2. The number of hydrogen-bond donors (Lipinski definition) is 1. The van der Waals surface area contributed by atoms with Gasteiger partial charge in [0.05, 0.1) is 6.61 Å². The molecule has 128 valence electrons. The Bertz CT molecular complexity index is 503. The number of guanidine groups is 1. The van der Waals surface area contributed by atoms with Crippen molar-refractivity contribution in [2.75, 3.05) is 33.9 Å². The number of benzene rings is 1. The predicted octanol–water partition coefficient (Wildman–Crippen LogP) is 2.33. The zero-order chi connectivity index (χ0) is 16.7. The number of halogens is 2. The van der Waals surface area contributed by atoms with Crippen LogP contribution in [0, 0.1) is 5.92 Å². The van der Waals surface area contributed by atoms with Crippen LogP contribution in [0.25, 0.3) is 0 Å². The van der Waals surface area contributed by atoms with Crippen molar-refractivity contribution in [1.29, 1.82) is 0 Å². The predicted molar refractivity (Wildman–Crippen MR) is 84.8 cm³/mol. The zero-order valence-electron chi connectivity index (χ0n) is 13.5. The number of nitrogens with one attached hydrogen (secondary N) is 1. The maximum Gasteiger partial charge on any atom is 0.387 e. The fraction of sp³-hybridized carbons (Fsp3) is 0.562. The zero-order valence-corrected chi connectivity index (χ0v) is 13.5. The Kier molecular flexibility index (Phi) is 6.58. The van der Waals surface area contributed by atoms with Crippen molar-refractivity contribution in [1.82, 2.24) is 10.2 Å². The van der Waals surface area contributed by atoms with E-state index in [0.29, 0.717) is 12.5 Å². The van der Waals surface area contributed by atoms with E-state index in [2.05, 4.69) is 15.0 Å². The summed E-state index contributed by atoms with van der Waals surface area (Å²) in [6.07, 6.45) is 1.07. The van der Waals surface area contributed by atoms with E-state index in [1.165, 1.54) is 0 Å². The molecule has 23 heavy (non-hydrogen) atoms. The lowest BCUT2D eigenvalue weighted by Gasteiger charge is -2.23. The highest BCUT2D eigenvalue weighted by Crippen LogP contribution is 2.16. The quantitative estimate of drug-likeness (QED) is 0.643. The SMILES string of the molecule is CN=C(NCC1CCOC1)N(C)Cc1ccc(OC(F)F)cc1. The molecule has 5 nitrogen and oxygen atoms in total. The molecular formula is C16H23F2N3O2. The summed E-state index contributed by atoms with van der Waals surface area (Å²) in [5.41, 5.74) is 0.987. The Morgan fingerprint density at radius 1 is 1.43 bits per heavy atom. The lowest BCUT2D eigenvalue weighted by Crippen LogP contribution is -2.40. The lowest BCUT2D eigenvalue weighted by atomic mass is 10.1. The fourth-order valence-corrected chi connectivity index (χ4v) is 2.49. The van der Waals surface area contributed by atoms with E-state index in [1.807, 2.05) is 11.9 Å². The van der Waals surface area contributed by atoms with Crippen LogP contribution < -0.4 is 10.1 Å². The van der Waals surface area contributed by atoms with Crippen LogP contribution >= 0.6 is 0 Å². The summed E-state index contributed by atoms with van der Waals surface area (Å²) in [7, 11) is 3.67. The molecule has 1 heterocycles. The summed E-state index contributed by atoms with van der Waals surface area (Å²) in [6, 6.07) is 6.63. The highest BCUT2D eigenvalue weighted by molar-refractivity contribution is 5.79. The molecule has 0 radical (unpaired) electrons. The van der Waals surface area contributed by atoms with Crippen LogP contribution in [0.3, 0.4) is 0 Å². The van der Waals surface area contributed by atoms with Crippen LogP contribution in [0.2, 0.25) is 0 Å². The minimum absolute atomic E-state index is 0.162. The molecule has 0 aliphatic carbocycles. The molecule has 0 aromatic heterocycles. The second-order valence-electron chi connectivity index (χ2n) is 5.54. The minimum atomic E-state index is -2.80. The first kappa shape index (κ1) is 17.5. The van der Waals surface area contributed by atoms with Crippen molar-refractivity contribution < 1.29 is 18.3 Å². The molecule has 1 fully saturated rings. The average molecular weight is 327 g/mol. The molecule has 0 bridgehead atoms. The third-order valence-corrected chi connectivity index (χ3v) is 3.71. The number of nitrogens with zero attached hydrogens (tertiary/aromatic N) is 2. The first-order chi connectivity index (χ1) is 11.1. The lowest BCUT2D eigenvalue weighted by molar-refractivity contribution is -0.0498. The van der Waals surface area contributed by atoms with E-state index in [9.17, 15) is 8.78 Å². The van der Waals surface area contributed by atoms with E-state index in [-0.39, 0.29) is 5.75 Å². The Labute approximate surface area is 135 Å². The summed E-state index contributed by atoms with van der Waals surface area (Å²) in [5.74, 6) is 1.48. The summed E-state index contributed by atoms with van der Waals surface area (Å²) < 4.78 is 34.0. The third-order valence-electron chi connectivity index (χ3n) is 3.71. The highest BCUT2D eigenvalue weighted by Gasteiger charge is 2.16. The molecule has 1 saturated heterocycles. The van der Waals surface area contributed by atoms with E-state index in [0.717, 1.165) is 37.7 Å². The Hall–Kier alpha value is -1.89. The molecule has 1 aliphatic rings. The van der Waals surface area contributed by atoms with Crippen LogP contribution in [0.5, 0.6) is 5.75 Å². The highest BCUT2D eigenvalue weighted by atomic mass is 19.3. The summed E-state index contributed by atoms with van der Waals surface area (Å²) >= 11 is 0. The topological polar surface area (TPSA) is 46.1 Å². The largest absolute Gasteiger partial charge is 0.435 e. The van der Waals surface area contributed by atoms with Gasteiger partial charge in [-0.3, -0.25) is 4.99 Å². The molecule has 1 aromatic carbocycles. The molecule has 1 aromatic rings. The number of hydrogen-bond acceptors (Lipinski definition) is 3. The molecule has 7 heteroatoms. The first-order valence-corrected chi connectivity index (χ1v) is 7.61. The van der Waals surface area contributed by atoms with E-state index in [1.54, 1.807) is 31.3 Å². The molecule has 1 aliphatic heterocycles. The van der Waals surface area contributed by atoms with Gasteiger partial charge in [0.15, 0.2) is 5.96 Å². The van der Waals surface area contributed by atoms with Crippen LogP contribution in [0.1, 0.15) is 12.0 Å². The molecule has 1 N–H and O–H groups in total. The van der Waals surface area contributed by atoms with Gasteiger partial charge in [-0.05, 0) is 24.1 Å². The van der Waals surface area contributed by atoms with Crippen molar-refractivity contribution in [3.05, 3.63) is 29.8 Å². The summed E-state index contributed by atoms with van der Waals surface area (Å²) in [5, 5.41) is 3.34. The van der Waals surface area contributed by atoms with Gasteiger partial charge in [-0.15, -0.1) is 0 Å². The second kappa shape index (κ2) is 8.67. The van der Waals surface area contributed by atoms with Gasteiger partial charge in [-0.1, -0.05) is 12.1 Å². The maximum absolute atomic E-state index is 12.1. The molecule has 1 atom stereocenters. The van der Waals surface area contributed by atoms with Gasteiger partial charge < -0.3 is 19.7 Å². The normalized spacial score (nSPS) is 18.3. The Balaban J connectivity index is 1.84. The first-order valence-electron chi connectivity index (χ1n) is 7.61. The standard InChI is InChI=1S/C16H23F2N3O2/c1-19-16(20-9-13-7-8-22-11-13)21(2)10-12-3-5-14(6-4-12)23-15(17)18/h3-6,13,15H,7-11H2,1-2H3,(H,19,20). The van der Waals surface area contributed by atoms with Crippen molar-refractivity contribution in [3.63, 3.8) is 0 Å². The molecule has 0 spiro atoms. The molecular weight excluding hydrogens is 304 g/mol. The van der Waals surface area contributed by atoms with Crippen molar-refractivity contribution >= 4 is 5.96 Å². The summed E-state index contributed by atoms with van der Waals surface area (Å²) in [4.78, 5) is 6.25. The Morgan fingerprint density at radius 3 is 2.74 bits per heavy atom. The molecule has 1 unspecified atom stereocenters. The number of aliphatic imine (C=N–C) groups is 1. The molecule has 0 amide bonds. The van der Waals surface area contributed by atoms with Gasteiger partial charge in [0, 0.05) is 39.7 Å². The van der Waals surface area contributed by atoms with Crippen molar-refractivity contribution in [3.8, 4) is 5.75 Å². The van der Waals surface area contributed by atoms with Crippen LogP contribution in [0.4, 0.5) is 8.78 Å². The average Bonchev–Trinajstić information content (AvgIpc) is 3.03. The monoisotopic (exact) mass is 327 g/mol. The maximum atomic E-state index is 12.1. The van der Waals surface area contributed by atoms with E-state index < -0.39 is 6.61 Å². The molecule has 0 saturated carbocycles. The molecule has 2 rings (SSSR count). The van der Waals surface area contributed by atoms with Gasteiger partial charge in [0.1, 0.15) is 5.75 Å². The fourth-order valence-electron chi connectivity index (χ4n) is 2.49. The minimum Gasteiger partial charge on any atom is -0.435 e. The van der Waals surface area contributed by atoms with Crippen molar-refractivity contribution in [2.45, 2.75) is 19.6 Å². The van der Waals surface area contributed by atoms with E-state index in [4.69, 9.17) is 4.74 Å². The van der Waals surface area contributed by atoms with Gasteiger partial charge in [0.25, 0.3) is 0 Å². The number of ether oxygens (including phenoxy) is 2. The van der Waals surface area contributed by atoms with Crippen molar-refractivity contribution in [2.24, 2.45) is 10.9 Å². The van der Waals surface area contributed by atoms with E-state index >= 15 is 0 Å². The van der Waals surface area contributed by atoms with Crippen LogP contribution in [0.15, 0.2) is 29.3 Å². The van der Waals surface area contributed by atoms with Crippen LogP contribution in [-0.2, 0) is 11.3 Å². The van der Waals surface area contributed by atoms with Gasteiger partial charge in [0.2, 0.25) is 0 Å². The Morgan fingerprint density at radius 2 is 2.17 bits per heavy atom.